The molecule has 0 amide bonds. The second kappa shape index (κ2) is 21.8. The Labute approximate surface area is 549 Å². The molecule has 448 valence electrons. The maximum absolute atomic E-state index is 2.85. The lowest BCUT2D eigenvalue weighted by molar-refractivity contribution is 0.179. The SMILES string of the molecule is CC1CC2CC(C)N(c3ccc4c(c3)N(c3c(-c5ccccc5)cccc3-c3ccccc3)c3cc(-n5c6ccccc6c6ccccc65)cc5c3B4c3ccc(-n4c6ccccc6c6ccccc64)cc3N5c3c(-c4ccccc4)cccc3-c3ccccc3)C(C1)C2. The Morgan fingerprint density at radius 3 is 1.10 bits per heavy atom. The Morgan fingerprint density at radius 1 is 0.309 bits per heavy atom. The average Bonchev–Trinajstić information content (AvgIpc) is 0.856. The summed E-state index contributed by atoms with van der Waals surface area (Å²) >= 11 is 0. The van der Waals surface area contributed by atoms with E-state index >= 15 is 0 Å². The molecule has 4 aliphatic rings. The molecule has 94 heavy (non-hydrogen) atoms. The summed E-state index contributed by atoms with van der Waals surface area (Å²) in [4.78, 5) is 8.30. The Hall–Kier alpha value is -11.1. The largest absolute Gasteiger partial charge is 0.366 e. The fourth-order valence-corrected chi connectivity index (χ4v) is 17.8. The first kappa shape index (κ1) is 54.6. The van der Waals surface area contributed by atoms with Gasteiger partial charge in [0.1, 0.15) is 0 Å². The van der Waals surface area contributed by atoms with Gasteiger partial charge in [0.25, 0.3) is 6.71 Å². The molecule has 3 aliphatic heterocycles. The molecule has 6 heteroatoms. The number of nitrogens with zero attached hydrogens (tertiary/aromatic N) is 5. The van der Waals surface area contributed by atoms with E-state index in [0.717, 1.165) is 79.0 Å². The predicted octanol–water partition coefficient (Wildman–Crippen LogP) is 21.0. The molecule has 19 rings (SSSR count). The minimum atomic E-state index is -0.193. The van der Waals surface area contributed by atoms with Crippen molar-refractivity contribution < 1.29 is 0 Å². The summed E-state index contributed by atoms with van der Waals surface area (Å²) in [5.74, 6) is 1.44. The third-order valence-corrected chi connectivity index (χ3v) is 21.4. The van der Waals surface area contributed by atoms with E-state index in [9.17, 15) is 0 Å². The van der Waals surface area contributed by atoms with Gasteiger partial charge in [-0.05, 0) is 144 Å². The smallest absolute Gasteiger partial charge is 0.252 e. The normalized spacial score (nSPS) is 17.2. The molecule has 0 N–H and O–H groups in total. The molecule has 2 fully saturated rings. The molecule has 2 bridgehead atoms. The second-order valence-corrected chi connectivity index (χ2v) is 26.9. The number of aromatic nitrogens is 2. The molecule has 4 unspecified atom stereocenters. The Kier molecular flexibility index (Phi) is 12.7. The number of benzene rings is 13. The molecule has 4 atom stereocenters. The molecule has 1 saturated heterocycles. The van der Waals surface area contributed by atoms with Crippen LogP contribution < -0.4 is 31.1 Å². The number of hydrogen-bond donors (Lipinski definition) is 0. The van der Waals surface area contributed by atoms with Crippen LogP contribution in [-0.4, -0.2) is 27.9 Å². The molecule has 13 aromatic carbocycles. The molecular formula is C88H68BN5. The van der Waals surface area contributed by atoms with Gasteiger partial charge in [-0.1, -0.05) is 250 Å². The maximum Gasteiger partial charge on any atom is 0.252 e. The summed E-state index contributed by atoms with van der Waals surface area (Å²) in [5, 5.41) is 4.93. The van der Waals surface area contributed by atoms with Gasteiger partial charge in [0, 0.05) is 90.0 Å². The van der Waals surface area contributed by atoms with Gasteiger partial charge in [-0.25, -0.2) is 0 Å². The molecule has 5 heterocycles. The second-order valence-electron chi connectivity index (χ2n) is 26.9. The number of anilines is 7. The van der Waals surface area contributed by atoms with Gasteiger partial charge < -0.3 is 23.8 Å². The lowest BCUT2D eigenvalue weighted by atomic mass is 9.33. The summed E-state index contributed by atoms with van der Waals surface area (Å²) in [5.41, 5.74) is 28.2. The van der Waals surface area contributed by atoms with E-state index in [1.807, 2.05) is 0 Å². The van der Waals surface area contributed by atoms with Gasteiger partial charge >= 0.3 is 0 Å². The summed E-state index contributed by atoms with van der Waals surface area (Å²) < 4.78 is 5.06. The van der Waals surface area contributed by atoms with E-state index in [-0.39, 0.29) is 6.71 Å². The van der Waals surface area contributed by atoms with Gasteiger partial charge in [-0.3, -0.25) is 0 Å². The summed E-state index contributed by atoms with van der Waals surface area (Å²) in [6.45, 7) is 4.80. The first-order chi connectivity index (χ1) is 46.5. The number of para-hydroxylation sites is 6. The van der Waals surface area contributed by atoms with Crippen LogP contribution in [0.3, 0.4) is 0 Å². The first-order valence-corrected chi connectivity index (χ1v) is 33.8. The fourth-order valence-electron chi connectivity index (χ4n) is 17.8. The van der Waals surface area contributed by atoms with Crippen molar-refractivity contribution in [2.24, 2.45) is 11.8 Å². The fraction of sp³-hybridized carbons (Fsp3) is 0.114. The van der Waals surface area contributed by atoms with Crippen molar-refractivity contribution in [1.29, 1.82) is 0 Å². The Bertz CT molecular complexity index is 5250. The van der Waals surface area contributed by atoms with Crippen LogP contribution in [0.1, 0.15) is 39.5 Å². The van der Waals surface area contributed by atoms with E-state index in [1.54, 1.807) is 0 Å². The van der Waals surface area contributed by atoms with Crippen LogP contribution in [0.2, 0.25) is 0 Å². The third-order valence-electron chi connectivity index (χ3n) is 21.4. The van der Waals surface area contributed by atoms with Crippen molar-refractivity contribution in [1.82, 2.24) is 9.13 Å². The van der Waals surface area contributed by atoms with Crippen LogP contribution >= 0.6 is 0 Å². The minimum Gasteiger partial charge on any atom is -0.366 e. The highest BCUT2D eigenvalue weighted by molar-refractivity contribution is 7.00. The van der Waals surface area contributed by atoms with Crippen LogP contribution in [0.4, 0.5) is 39.8 Å². The number of rotatable bonds is 9. The topological polar surface area (TPSA) is 19.6 Å². The first-order valence-electron chi connectivity index (χ1n) is 33.8. The summed E-state index contributed by atoms with van der Waals surface area (Å²) in [6, 6.07) is 116. The Balaban J connectivity index is 1.000. The highest BCUT2D eigenvalue weighted by Gasteiger charge is 2.47. The van der Waals surface area contributed by atoms with Crippen LogP contribution in [-0.2, 0) is 0 Å². The molecule has 15 aromatic rings. The number of fused-ring (bicyclic) bond motifs is 12. The predicted molar refractivity (Wildman–Crippen MR) is 398 cm³/mol. The maximum atomic E-state index is 2.85. The van der Waals surface area contributed by atoms with Crippen LogP contribution in [0.25, 0.3) is 99.5 Å². The molecule has 5 nitrogen and oxygen atoms in total. The molecule has 0 radical (unpaired) electrons. The molecular weight excluding hydrogens is 1140 g/mol. The van der Waals surface area contributed by atoms with E-state index < -0.39 is 0 Å². The highest BCUT2D eigenvalue weighted by atomic mass is 15.2. The summed E-state index contributed by atoms with van der Waals surface area (Å²) in [6.07, 6.45) is 4.99. The van der Waals surface area contributed by atoms with Crippen LogP contribution in [0, 0.1) is 11.8 Å². The van der Waals surface area contributed by atoms with Gasteiger partial charge in [-0.2, -0.15) is 0 Å². The van der Waals surface area contributed by atoms with Gasteiger partial charge in [0.05, 0.1) is 39.1 Å². The number of piperidine rings is 1. The van der Waals surface area contributed by atoms with Crippen molar-refractivity contribution in [3.63, 3.8) is 0 Å². The van der Waals surface area contributed by atoms with Crippen molar-refractivity contribution in [3.8, 4) is 55.9 Å². The zero-order valence-corrected chi connectivity index (χ0v) is 52.8. The van der Waals surface area contributed by atoms with E-state index in [4.69, 9.17) is 0 Å². The summed E-state index contributed by atoms with van der Waals surface area (Å²) in [7, 11) is 0. The number of hydrogen-bond acceptors (Lipinski definition) is 3. The minimum absolute atomic E-state index is 0.193. The monoisotopic (exact) mass is 1210 g/mol. The standard InChI is InChI=1S/C88H68BN5/c1-57-49-59-51-58(2)90(66(50-57)52-59)64-45-47-76-82(53-64)93(87-68(60-25-7-3-8-26-60)37-23-38-69(87)61-27-9-4-10-28-61)84-55-67(92-80-43-21-17-35-74(80)75-36-18-22-44-81(75)92)56-85-86(84)89(76)77-48-46-65(91-78-41-19-15-33-72(78)73-34-16-20-42-79(73)91)54-83(77)94(85)88-70(62-29-11-5-12-30-62)39-24-40-71(88)63-31-13-6-14-32-63/h3-48,53-59,66H,49-52H2,1-2H3. The highest BCUT2D eigenvalue weighted by Crippen LogP contribution is 2.55. The van der Waals surface area contributed by atoms with Crippen molar-refractivity contribution in [3.05, 3.63) is 303 Å². The van der Waals surface area contributed by atoms with Gasteiger partial charge in [-0.15, -0.1) is 0 Å². The van der Waals surface area contributed by atoms with E-state index in [2.05, 4.69) is 341 Å². The molecule has 2 aromatic heterocycles. The van der Waals surface area contributed by atoms with Crippen LogP contribution in [0.15, 0.2) is 303 Å². The molecule has 1 aliphatic carbocycles. The third kappa shape index (κ3) is 8.48. The zero-order chi connectivity index (χ0) is 62.1. The zero-order valence-electron chi connectivity index (χ0n) is 52.8. The van der Waals surface area contributed by atoms with Crippen molar-refractivity contribution >= 4 is 107 Å². The lowest BCUT2D eigenvalue weighted by Gasteiger charge is -2.51. The van der Waals surface area contributed by atoms with Gasteiger partial charge in [0.15, 0.2) is 0 Å². The lowest BCUT2D eigenvalue weighted by Crippen LogP contribution is -2.61. The van der Waals surface area contributed by atoms with Crippen LogP contribution in [0.5, 0.6) is 0 Å². The molecule has 1 saturated carbocycles. The molecule has 0 spiro atoms. The van der Waals surface area contributed by atoms with Crippen molar-refractivity contribution in [2.75, 3.05) is 14.7 Å². The Morgan fingerprint density at radius 2 is 0.670 bits per heavy atom. The van der Waals surface area contributed by atoms with E-state index in [0.29, 0.717) is 18.0 Å². The van der Waals surface area contributed by atoms with Gasteiger partial charge in [0.2, 0.25) is 0 Å². The van der Waals surface area contributed by atoms with E-state index in [1.165, 1.54) is 108 Å². The quantitative estimate of drug-likeness (QED) is 0.134. The average molecular weight is 1210 g/mol. The van der Waals surface area contributed by atoms with Crippen molar-refractivity contribution in [2.45, 2.75) is 51.6 Å².